The third-order valence-electron chi connectivity index (χ3n) is 3.24. The summed E-state index contributed by atoms with van der Waals surface area (Å²) < 4.78 is 0. The van der Waals surface area contributed by atoms with Crippen molar-refractivity contribution >= 4 is 23.2 Å². The Labute approximate surface area is 124 Å². The summed E-state index contributed by atoms with van der Waals surface area (Å²) in [4.78, 5) is 14.0. The van der Waals surface area contributed by atoms with Gasteiger partial charge in [0, 0.05) is 29.9 Å². The minimum atomic E-state index is -0.0726. The maximum Gasteiger partial charge on any atom is 0.253 e. The molecule has 20 heavy (non-hydrogen) atoms. The molecule has 0 saturated heterocycles. The summed E-state index contributed by atoms with van der Waals surface area (Å²) in [6, 6.07) is 12.9. The Morgan fingerprint density at radius 2 is 1.95 bits per heavy atom. The Hall–Kier alpha value is -2.00. The van der Waals surface area contributed by atoms with Gasteiger partial charge >= 0.3 is 0 Å². The summed E-state index contributed by atoms with van der Waals surface area (Å²) in [5, 5.41) is 0.663. The molecule has 2 N–H and O–H groups in total. The molecule has 0 spiro atoms. The molecule has 2 aromatic rings. The molecule has 0 aliphatic rings. The van der Waals surface area contributed by atoms with Crippen LogP contribution in [0.5, 0.6) is 0 Å². The zero-order valence-corrected chi connectivity index (χ0v) is 12.3. The second-order valence-corrected chi connectivity index (χ2v) is 5.23. The third-order valence-corrected chi connectivity index (χ3v) is 3.61. The molecule has 3 nitrogen and oxygen atoms in total. The summed E-state index contributed by atoms with van der Waals surface area (Å²) in [6.45, 7) is 2.38. The van der Waals surface area contributed by atoms with E-state index in [0.717, 1.165) is 11.1 Å². The molecule has 2 rings (SSSR count). The van der Waals surface area contributed by atoms with E-state index in [9.17, 15) is 4.79 Å². The molecular formula is C16H17ClN2O. The van der Waals surface area contributed by atoms with E-state index in [0.29, 0.717) is 22.8 Å². The smallest absolute Gasteiger partial charge is 0.253 e. The van der Waals surface area contributed by atoms with Crippen LogP contribution in [0.3, 0.4) is 0 Å². The van der Waals surface area contributed by atoms with Crippen LogP contribution < -0.4 is 5.73 Å². The first-order chi connectivity index (χ1) is 9.49. The topological polar surface area (TPSA) is 46.3 Å². The van der Waals surface area contributed by atoms with Crippen molar-refractivity contribution in [2.45, 2.75) is 13.5 Å². The van der Waals surface area contributed by atoms with Crippen LogP contribution >= 0.6 is 11.6 Å². The zero-order chi connectivity index (χ0) is 14.7. The van der Waals surface area contributed by atoms with Crippen LogP contribution in [0.2, 0.25) is 5.02 Å². The Balaban J connectivity index is 2.16. The first-order valence-corrected chi connectivity index (χ1v) is 6.72. The van der Waals surface area contributed by atoms with Crippen LogP contribution in [0, 0.1) is 6.92 Å². The van der Waals surface area contributed by atoms with E-state index in [1.807, 2.05) is 37.3 Å². The molecule has 104 valence electrons. The van der Waals surface area contributed by atoms with Gasteiger partial charge in [-0.3, -0.25) is 4.79 Å². The van der Waals surface area contributed by atoms with Crippen molar-refractivity contribution in [2.24, 2.45) is 0 Å². The van der Waals surface area contributed by atoms with Crippen LogP contribution in [0.15, 0.2) is 42.5 Å². The van der Waals surface area contributed by atoms with Gasteiger partial charge < -0.3 is 10.6 Å². The number of halogens is 1. The van der Waals surface area contributed by atoms with Crippen molar-refractivity contribution in [3.8, 4) is 0 Å². The number of carbonyl (C=O) groups excluding carboxylic acids is 1. The fraction of sp³-hybridized carbons (Fsp3) is 0.188. The molecule has 0 bridgehead atoms. The maximum absolute atomic E-state index is 12.4. The zero-order valence-electron chi connectivity index (χ0n) is 11.6. The highest BCUT2D eigenvalue weighted by Crippen LogP contribution is 2.19. The van der Waals surface area contributed by atoms with Gasteiger partial charge in [0.05, 0.1) is 0 Å². The SMILES string of the molecule is Cc1ccc(C(=O)N(C)Cc2ccccc2Cl)cc1N. The molecule has 0 atom stereocenters. The van der Waals surface area contributed by atoms with Crippen molar-refractivity contribution < 1.29 is 4.79 Å². The Morgan fingerprint density at radius 1 is 1.25 bits per heavy atom. The molecule has 1 amide bonds. The molecule has 0 aliphatic heterocycles. The third kappa shape index (κ3) is 3.11. The molecule has 0 aromatic heterocycles. The van der Waals surface area contributed by atoms with E-state index in [4.69, 9.17) is 17.3 Å². The van der Waals surface area contributed by atoms with Crippen molar-refractivity contribution in [1.82, 2.24) is 4.90 Å². The van der Waals surface area contributed by atoms with Gasteiger partial charge in [0.15, 0.2) is 0 Å². The van der Waals surface area contributed by atoms with E-state index in [1.54, 1.807) is 24.1 Å². The quantitative estimate of drug-likeness (QED) is 0.879. The molecule has 0 unspecified atom stereocenters. The normalized spacial score (nSPS) is 10.3. The highest BCUT2D eigenvalue weighted by Gasteiger charge is 2.13. The molecule has 2 aromatic carbocycles. The van der Waals surface area contributed by atoms with Crippen molar-refractivity contribution in [3.63, 3.8) is 0 Å². The van der Waals surface area contributed by atoms with Gasteiger partial charge in [0.1, 0.15) is 0 Å². The second kappa shape index (κ2) is 5.97. The van der Waals surface area contributed by atoms with E-state index < -0.39 is 0 Å². The Bertz CT molecular complexity index is 640. The number of amides is 1. The van der Waals surface area contributed by atoms with Crippen molar-refractivity contribution in [2.75, 3.05) is 12.8 Å². The summed E-state index contributed by atoms with van der Waals surface area (Å²) in [5.74, 6) is -0.0726. The lowest BCUT2D eigenvalue weighted by atomic mass is 10.1. The number of hydrogen-bond acceptors (Lipinski definition) is 2. The summed E-state index contributed by atoms with van der Waals surface area (Å²) in [7, 11) is 1.75. The van der Waals surface area contributed by atoms with Crippen LogP contribution in [0.4, 0.5) is 5.69 Å². The number of rotatable bonds is 3. The van der Waals surface area contributed by atoms with E-state index >= 15 is 0 Å². The summed E-state index contributed by atoms with van der Waals surface area (Å²) in [6.07, 6.45) is 0. The second-order valence-electron chi connectivity index (χ2n) is 4.82. The highest BCUT2D eigenvalue weighted by molar-refractivity contribution is 6.31. The molecule has 0 saturated carbocycles. The lowest BCUT2D eigenvalue weighted by Gasteiger charge is -2.18. The highest BCUT2D eigenvalue weighted by atomic mass is 35.5. The van der Waals surface area contributed by atoms with Gasteiger partial charge in [-0.25, -0.2) is 0 Å². The number of nitrogens with zero attached hydrogens (tertiary/aromatic N) is 1. The number of nitrogens with two attached hydrogens (primary N) is 1. The summed E-state index contributed by atoms with van der Waals surface area (Å²) in [5.41, 5.74) is 8.95. The van der Waals surface area contributed by atoms with Gasteiger partial charge in [-0.05, 0) is 36.2 Å². The lowest BCUT2D eigenvalue weighted by molar-refractivity contribution is 0.0785. The van der Waals surface area contributed by atoms with E-state index in [2.05, 4.69) is 0 Å². The fourth-order valence-corrected chi connectivity index (χ4v) is 2.14. The standard InChI is InChI=1S/C16H17ClN2O/c1-11-7-8-12(9-15(11)18)16(20)19(2)10-13-5-3-4-6-14(13)17/h3-9H,10,18H2,1-2H3. The predicted molar refractivity (Wildman–Crippen MR) is 82.8 cm³/mol. The lowest BCUT2D eigenvalue weighted by Crippen LogP contribution is -2.26. The first kappa shape index (κ1) is 14.4. The number of benzene rings is 2. The van der Waals surface area contributed by atoms with Crippen LogP contribution in [0.25, 0.3) is 0 Å². The maximum atomic E-state index is 12.4. The monoisotopic (exact) mass is 288 g/mol. The minimum Gasteiger partial charge on any atom is -0.398 e. The van der Waals surface area contributed by atoms with E-state index in [1.165, 1.54) is 0 Å². The van der Waals surface area contributed by atoms with Gasteiger partial charge in [-0.1, -0.05) is 35.9 Å². The van der Waals surface area contributed by atoms with Crippen LogP contribution in [-0.2, 0) is 6.54 Å². The van der Waals surface area contributed by atoms with Gasteiger partial charge in [-0.2, -0.15) is 0 Å². The van der Waals surface area contributed by atoms with Gasteiger partial charge in [0.2, 0.25) is 0 Å². The predicted octanol–water partition coefficient (Wildman–Crippen LogP) is 3.50. The Kier molecular flexibility index (Phi) is 4.30. The van der Waals surface area contributed by atoms with Gasteiger partial charge in [-0.15, -0.1) is 0 Å². The van der Waals surface area contributed by atoms with Crippen LogP contribution in [-0.4, -0.2) is 17.9 Å². The number of nitrogen functional groups attached to an aromatic ring is 1. The first-order valence-electron chi connectivity index (χ1n) is 6.34. The number of aryl methyl sites for hydroxylation is 1. The molecule has 0 fully saturated rings. The molecule has 0 heterocycles. The molecular weight excluding hydrogens is 272 g/mol. The largest absolute Gasteiger partial charge is 0.398 e. The average molecular weight is 289 g/mol. The number of hydrogen-bond donors (Lipinski definition) is 1. The average Bonchev–Trinajstić information content (AvgIpc) is 2.43. The minimum absolute atomic E-state index is 0.0726. The van der Waals surface area contributed by atoms with Crippen molar-refractivity contribution in [1.29, 1.82) is 0 Å². The molecule has 0 aliphatic carbocycles. The number of carbonyl (C=O) groups is 1. The summed E-state index contributed by atoms with van der Waals surface area (Å²) >= 11 is 6.11. The number of anilines is 1. The fourth-order valence-electron chi connectivity index (χ4n) is 1.95. The Morgan fingerprint density at radius 3 is 2.60 bits per heavy atom. The van der Waals surface area contributed by atoms with E-state index in [-0.39, 0.29) is 5.91 Å². The molecule has 4 heteroatoms. The molecule has 0 radical (unpaired) electrons. The van der Waals surface area contributed by atoms with Crippen LogP contribution in [0.1, 0.15) is 21.5 Å². The van der Waals surface area contributed by atoms with Crippen molar-refractivity contribution in [3.05, 3.63) is 64.2 Å². The van der Waals surface area contributed by atoms with Gasteiger partial charge in [0.25, 0.3) is 5.91 Å².